The second kappa shape index (κ2) is 7.12. The molecule has 0 spiro atoms. The molecule has 0 aliphatic heterocycles. The van der Waals surface area contributed by atoms with Gasteiger partial charge in [0, 0.05) is 56.6 Å². The molecule has 0 aliphatic rings. The number of hydrogen-bond donors (Lipinski definition) is 0. The van der Waals surface area contributed by atoms with Crippen molar-refractivity contribution < 1.29 is 46.9 Å². The maximum atomic E-state index is 4.64. The van der Waals surface area contributed by atoms with E-state index in [1.54, 1.807) is 22.7 Å². The molecule has 0 aliphatic carbocycles. The largest absolute Gasteiger partial charge is 0.325 e. The van der Waals surface area contributed by atoms with Crippen LogP contribution in [0.25, 0.3) is 0 Å². The molecule has 1 aromatic heterocycles. The average molecular weight is 407 g/mol. The predicted molar refractivity (Wildman–Crippen MR) is 66.8 cm³/mol. The summed E-state index contributed by atoms with van der Waals surface area (Å²) in [5.74, 6) is 0. The third-order valence-electron chi connectivity index (χ3n) is 2.11. The standard InChI is InChI=1S/C12H12NS2.Yb/c1-3-10-6-4-5-7-11(10)13-12-14-8-9(2)15-12;/h4-7H,3H2,1-2H3;/q-1;. The number of aryl methyl sites for hydroxylation is 2. The first kappa shape index (κ1) is 14.6. The minimum atomic E-state index is 0. The zero-order valence-electron chi connectivity index (χ0n) is 9.05. The molecule has 0 saturated heterocycles. The molecule has 1 nitrogen and oxygen atoms in total. The number of nitrogens with zero attached hydrogens (tertiary/aromatic N) is 1. The van der Waals surface area contributed by atoms with Crippen LogP contribution in [-0.4, -0.2) is 0 Å². The van der Waals surface area contributed by atoms with E-state index in [9.17, 15) is 0 Å². The van der Waals surface area contributed by atoms with Crippen LogP contribution in [0.5, 0.6) is 0 Å². The Kier molecular flexibility index (Phi) is 6.52. The summed E-state index contributed by atoms with van der Waals surface area (Å²) in [7, 11) is 0. The van der Waals surface area contributed by atoms with E-state index in [-0.39, 0.29) is 46.9 Å². The summed E-state index contributed by atoms with van der Waals surface area (Å²) in [5.41, 5.74) is 2.39. The predicted octanol–water partition coefficient (Wildman–Crippen LogP) is 3.71. The molecule has 16 heavy (non-hydrogen) atoms. The van der Waals surface area contributed by atoms with Gasteiger partial charge in [0.05, 0.1) is 0 Å². The van der Waals surface area contributed by atoms with Crippen LogP contribution in [0.3, 0.4) is 0 Å². The van der Waals surface area contributed by atoms with Gasteiger partial charge in [0.1, 0.15) is 0 Å². The number of hydrogen-bond acceptors (Lipinski definition) is 3. The Balaban J connectivity index is 0.00000128. The minimum Gasteiger partial charge on any atom is -0.325 e. The van der Waals surface area contributed by atoms with Crippen molar-refractivity contribution in [2.45, 2.75) is 20.3 Å². The Morgan fingerprint density at radius 3 is 2.69 bits per heavy atom. The van der Waals surface area contributed by atoms with Gasteiger partial charge in [-0.25, -0.2) is 11.3 Å². The van der Waals surface area contributed by atoms with Crippen molar-refractivity contribution >= 4 is 28.4 Å². The fraction of sp³-hybridized carbons (Fsp3) is 0.250. The summed E-state index contributed by atoms with van der Waals surface area (Å²) in [5, 5.41) is 3.19. The first-order valence-corrected chi connectivity index (χ1v) is 6.53. The van der Waals surface area contributed by atoms with Gasteiger partial charge in [0.25, 0.3) is 0 Å². The summed E-state index contributed by atoms with van der Waals surface area (Å²) in [6, 6.07) is 8.30. The average Bonchev–Trinajstić information content (AvgIpc) is 2.65. The summed E-state index contributed by atoms with van der Waals surface area (Å²) in [4.78, 5) is 5.84. The van der Waals surface area contributed by atoms with Gasteiger partial charge in [-0.2, -0.15) is 5.38 Å². The smallest absolute Gasteiger partial charge is 0.0473 e. The molecular weight excluding hydrogens is 395 g/mol. The Labute approximate surface area is 143 Å². The van der Waals surface area contributed by atoms with Crippen LogP contribution in [0.4, 0.5) is 5.69 Å². The fourth-order valence-electron chi connectivity index (χ4n) is 1.35. The quantitative estimate of drug-likeness (QED) is 0.673. The molecule has 0 N–H and O–H groups in total. The Bertz CT molecular complexity index is 513. The third-order valence-corrected chi connectivity index (χ3v) is 4.08. The molecule has 1 heterocycles. The van der Waals surface area contributed by atoms with E-state index in [1.165, 1.54) is 10.4 Å². The van der Waals surface area contributed by atoms with Crippen LogP contribution in [0.15, 0.2) is 29.3 Å². The van der Waals surface area contributed by atoms with Crippen LogP contribution in [0.1, 0.15) is 17.4 Å². The van der Waals surface area contributed by atoms with Gasteiger partial charge >= 0.3 is 0 Å². The SMILES string of the molecule is CCc1ccccc1N=c1s[c-]c(C)s1.[Yb]. The van der Waals surface area contributed by atoms with Crippen LogP contribution in [0, 0.1) is 59.2 Å². The molecule has 0 fully saturated rings. The third kappa shape index (κ3) is 3.81. The van der Waals surface area contributed by atoms with Crippen molar-refractivity contribution in [2.24, 2.45) is 4.99 Å². The maximum absolute atomic E-state index is 4.64. The Hall–Kier alpha value is 0.589. The molecular formula is C12H12NS2Yb-. The Morgan fingerprint density at radius 1 is 1.31 bits per heavy atom. The van der Waals surface area contributed by atoms with Crippen molar-refractivity contribution in [1.82, 2.24) is 0 Å². The molecule has 0 radical (unpaired) electrons. The number of rotatable bonds is 2. The normalized spacial score (nSPS) is 11.2. The summed E-state index contributed by atoms with van der Waals surface area (Å²) >= 11 is 3.29. The molecule has 0 unspecified atom stereocenters. The van der Waals surface area contributed by atoms with Gasteiger partial charge in [0.2, 0.25) is 0 Å². The number of benzene rings is 1. The van der Waals surface area contributed by atoms with Crippen LogP contribution in [0.2, 0.25) is 0 Å². The summed E-state index contributed by atoms with van der Waals surface area (Å²) in [6.07, 6.45) is 1.03. The van der Waals surface area contributed by atoms with E-state index in [4.69, 9.17) is 0 Å². The van der Waals surface area contributed by atoms with Crippen molar-refractivity contribution in [1.29, 1.82) is 0 Å². The van der Waals surface area contributed by atoms with E-state index in [0.29, 0.717) is 0 Å². The fourth-order valence-corrected chi connectivity index (χ4v) is 3.09. The molecule has 0 atom stereocenters. The van der Waals surface area contributed by atoms with E-state index in [0.717, 1.165) is 16.1 Å². The van der Waals surface area contributed by atoms with Gasteiger partial charge < -0.3 is 16.3 Å². The van der Waals surface area contributed by atoms with E-state index in [1.807, 2.05) is 6.07 Å². The first-order valence-electron chi connectivity index (χ1n) is 4.90. The van der Waals surface area contributed by atoms with Crippen molar-refractivity contribution in [3.8, 4) is 0 Å². The van der Waals surface area contributed by atoms with Gasteiger partial charge in [-0.3, -0.25) is 0 Å². The first-order chi connectivity index (χ1) is 7.29. The van der Waals surface area contributed by atoms with Gasteiger partial charge in [-0.15, -0.1) is 0 Å². The molecule has 92 valence electrons. The van der Waals surface area contributed by atoms with Gasteiger partial charge in [-0.05, 0) is 25.0 Å². The zero-order valence-corrected chi connectivity index (χ0v) is 12.4. The zero-order chi connectivity index (χ0) is 10.7. The van der Waals surface area contributed by atoms with E-state index < -0.39 is 0 Å². The van der Waals surface area contributed by atoms with E-state index in [2.05, 4.69) is 42.4 Å². The maximum Gasteiger partial charge on any atom is 0.0473 e. The minimum absolute atomic E-state index is 0. The van der Waals surface area contributed by atoms with Gasteiger partial charge in [-0.1, -0.05) is 30.0 Å². The molecule has 2 rings (SSSR count). The molecule has 4 heteroatoms. The second-order valence-electron chi connectivity index (χ2n) is 3.22. The van der Waals surface area contributed by atoms with Crippen LogP contribution >= 0.6 is 22.7 Å². The molecule has 0 saturated carbocycles. The van der Waals surface area contributed by atoms with Crippen molar-refractivity contribution in [3.05, 3.63) is 44.1 Å². The second-order valence-corrected chi connectivity index (χ2v) is 5.48. The van der Waals surface area contributed by atoms with Crippen molar-refractivity contribution in [3.63, 3.8) is 0 Å². The summed E-state index contributed by atoms with van der Waals surface area (Å²) < 4.78 is 1.08. The van der Waals surface area contributed by atoms with Crippen LogP contribution < -0.4 is 3.98 Å². The molecule has 0 amide bonds. The number of para-hydroxylation sites is 1. The topological polar surface area (TPSA) is 12.4 Å². The summed E-state index contributed by atoms with van der Waals surface area (Å²) in [6.45, 7) is 4.22. The molecule has 2 aromatic rings. The van der Waals surface area contributed by atoms with E-state index >= 15 is 0 Å². The van der Waals surface area contributed by atoms with Crippen LogP contribution in [-0.2, 0) is 6.42 Å². The monoisotopic (exact) mass is 408 g/mol. The van der Waals surface area contributed by atoms with Gasteiger partial charge in [0.15, 0.2) is 0 Å². The van der Waals surface area contributed by atoms with Crippen molar-refractivity contribution in [2.75, 3.05) is 0 Å². The Morgan fingerprint density at radius 2 is 2.06 bits per heavy atom. The molecule has 1 aromatic carbocycles. The molecule has 0 bridgehead atoms.